The Morgan fingerprint density at radius 1 is 1.21 bits per heavy atom. The monoisotopic (exact) mass is 431 g/mol. The van der Waals surface area contributed by atoms with Crippen LogP contribution < -0.4 is 5.32 Å². The maximum atomic E-state index is 13.6. The number of amides is 2. The predicted octanol–water partition coefficient (Wildman–Crippen LogP) is 3.20. The number of aliphatic hydroxyl groups is 1. The Bertz CT molecular complexity index is 819. The first-order valence-electron chi connectivity index (χ1n) is 9.32. The molecule has 1 aromatic carbocycles. The van der Waals surface area contributed by atoms with Gasteiger partial charge in [0.25, 0.3) is 0 Å². The van der Waals surface area contributed by atoms with Crippen molar-refractivity contribution in [3.63, 3.8) is 0 Å². The average molecular weight is 431 g/mol. The molecule has 2 rings (SSSR count). The smallest absolute Gasteiger partial charge is 0.374 e. The van der Waals surface area contributed by atoms with Gasteiger partial charge in [0.05, 0.1) is 16.6 Å². The van der Waals surface area contributed by atoms with Crippen LogP contribution in [0.3, 0.4) is 0 Å². The van der Waals surface area contributed by atoms with Gasteiger partial charge in [0.2, 0.25) is 17.4 Å². The number of hydrogen-bond donors (Lipinski definition) is 2. The molecule has 10 heteroatoms. The standard InChI is InChI=1S/C19H24F3N3O3S/c1-3-25(4-2)16(27)10-7-11-23-15(26)12-18(28,19(20,21)22)17-24-13-8-5-6-9-14(13)29-17/h5-6,8-9,28H,3-4,7,10-12H2,1-2H3,(H,23,26)/t18-/m0/s1. The molecular weight excluding hydrogens is 407 g/mol. The number of carbonyl (C=O) groups is 2. The number of rotatable bonds is 9. The van der Waals surface area contributed by atoms with E-state index in [1.807, 2.05) is 13.8 Å². The van der Waals surface area contributed by atoms with Gasteiger partial charge in [0.1, 0.15) is 5.01 Å². The number of benzene rings is 1. The second-order valence-electron chi connectivity index (χ2n) is 6.54. The van der Waals surface area contributed by atoms with Gasteiger partial charge >= 0.3 is 6.18 Å². The molecule has 160 valence electrons. The molecule has 0 aliphatic rings. The topological polar surface area (TPSA) is 82.5 Å². The number of para-hydroxylation sites is 1. The third-order valence-electron chi connectivity index (χ3n) is 4.54. The van der Waals surface area contributed by atoms with Crippen LogP contribution in [-0.2, 0) is 15.2 Å². The zero-order chi connectivity index (χ0) is 21.7. The molecule has 0 unspecified atom stereocenters. The summed E-state index contributed by atoms with van der Waals surface area (Å²) in [4.78, 5) is 29.5. The van der Waals surface area contributed by atoms with E-state index in [4.69, 9.17) is 0 Å². The van der Waals surface area contributed by atoms with Crippen LogP contribution >= 0.6 is 11.3 Å². The lowest BCUT2D eigenvalue weighted by Gasteiger charge is -2.27. The molecule has 2 amide bonds. The SMILES string of the molecule is CCN(CC)C(=O)CCCNC(=O)C[C@](O)(c1nc2ccccc2s1)C(F)(F)F. The number of aromatic nitrogens is 1. The number of nitrogens with one attached hydrogen (secondary N) is 1. The minimum Gasteiger partial charge on any atom is -0.374 e. The zero-order valence-corrected chi connectivity index (χ0v) is 17.1. The number of halogens is 3. The predicted molar refractivity (Wildman–Crippen MR) is 104 cm³/mol. The lowest BCUT2D eigenvalue weighted by Crippen LogP contribution is -2.46. The second-order valence-corrected chi connectivity index (χ2v) is 7.57. The van der Waals surface area contributed by atoms with E-state index in [1.54, 1.807) is 29.2 Å². The molecule has 6 nitrogen and oxygen atoms in total. The molecule has 0 saturated heterocycles. The van der Waals surface area contributed by atoms with Crippen LogP contribution in [0.15, 0.2) is 24.3 Å². The minimum absolute atomic E-state index is 0.0413. The number of hydrogen-bond acceptors (Lipinski definition) is 5. The van der Waals surface area contributed by atoms with Gasteiger partial charge in [-0.05, 0) is 32.4 Å². The van der Waals surface area contributed by atoms with Gasteiger partial charge in [0.15, 0.2) is 0 Å². The highest BCUT2D eigenvalue weighted by molar-refractivity contribution is 7.18. The van der Waals surface area contributed by atoms with Gasteiger partial charge in [-0.2, -0.15) is 13.2 Å². The van der Waals surface area contributed by atoms with Gasteiger partial charge < -0.3 is 15.3 Å². The molecule has 1 atom stereocenters. The van der Waals surface area contributed by atoms with Crippen molar-refractivity contribution in [3.8, 4) is 0 Å². The van der Waals surface area contributed by atoms with Crippen LogP contribution in [-0.4, -0.2) is 52.6 Å². The first kappa shape index (κ1) is 23.1. The van der Waals surface area contributed by atoms with Crippen LogP contribution in [0, 0.1) is 0 Å². The molecule has 1 heterocycles. The highest BCUT2D eigenvalue weighted by Gasteiger charge is 2.58. The van der Waals surface area contributed by atoms with E-state index in [1.165, 1.54) is 0 Å². The highest BCUT2D eigenvalue weighted by Crippen LogP contribution is 2.44. The fraction of sp³-hybridized carbons (Fsp3) is 0.526. The summed E-state index contributed by atoms with van der Waals surface area (Å²) in [6, 6.07) is 6.42. The van der Waals surface area contributed by atoms with Crippen molar-refractivity contribution >= 4 is 33.4 Å². The van der Waals surface area contributed by atoms with Crippen molar-refractivity contribution < 1.29 is 27.9 Å². The van der Waals surface area contributed by atoms with Crippen LogP contribution in [0.4, 0.5) is 13.2 Å². The van der Waals surface area contributed by atoms with Crippen molar-refractivity contribution in [1.82, 2.24) is 15.2 Å². The number of thiazole rings is 1. The molecule has 2 N–H and O–H groups in total. The van der Waals surface area contributed by atoms with E-state index in [9.17, 15) is 27.9 Å². The summed E-state index contributed by atoms with van der Waals surface area (Å²) >= 11 is 0.702. The fourth-order valence-corrected chi connectivity index (χ4v) is 3.92. The quantitative estimate of drug-likeness (QED) is 0.598. The zero-order valence-electron chi connectivity index (χ0n) is 16.3. The Hall–Kier alpha value is -2.20. The summed E-state index contributed by atoms with van der Waals surface area (Å²) in [6.45, 7) is 4.89. The third kappa shape index (κ3) is 5.45. The van der Waals surface area contributed by atoms with Crippen LogP contribution in [0.2, 0.25) is 0 Å². The van der Waals surface area contributed by atoms with Gasteiger partial charge in [-0.3, -0.25) is 9.59 Å². The van der Waals surface area contributed by atoms with E-state index in [0.717, 1.165) is 0 Å². The minimum atomic E-state index is -5.07. The number of alkyl halides is 3. The molecule has 0 saturated carbocycles. The molecule has 2 aromatic rings. The molecule has 0 aliphatic heterocycles. The first-order chi connectivity index (χ1) is 13.6. The second kappa shape index (κ2) is 9.53. The lowest BCUT2D eigenvalue weighted by molar-refractivity contribution is -0.267. The van der Waals surface area contributed by atoms with E-state index in [2.05, 4.69) is 10.3 Å². The van der Waals surface area contributed by atoms with Crippen molar-refractivity contribution in [3.05, 3.63) is 29.3 Å². The number of carbonyl (C=O) groups excluding carboxylic acids is 2. The fourth-order valence-electron chi connectivity index (χ4n) is 2.84. The summed E-state index contributed by atoms with van der Waals surface area (Å²) in [5, 5.41) is 12.2. The van der Waals surface area contributed by atoms with Crippen LogP contribution in [0.1, 0.15) is 38.1 Å². The first-order valence-corrected chi connectivity index (χ1v) is 10.1. The number of nitrogens with zero attached hydrogens (tertiary/aromatic N) is 2. The van der Waals surface area contributed by atoms with Crippen LogP contribution in [0.5, 0.6) is 0 Å². The molecular formula is C19H24F3N3O3S. The summed E-state index contributed by atoms with van der Waals surface area (Å²) in [5.74, 6) is -1.04. The Labute approximate surface area is 170 Å². The van der Waals surface area contributed by atoms with Crippen molar-refractivity contribution in [2.24, 2.45) is 0 Å². The summed E-state index contributed by atoms with van der Waals surface area (Å²) in [5.41, 5.74) is -3.05. The molecule has 0 aliphatic carbocycles. The van der Waals surface area contributed by atoms with Crippen molar-refractivity contribution in [2.45, 2.75) is 44.9 Å². The third-order valence-corrected chi connectivity index (χ3v) is 5.73. The maximum Gasteiger partial charge on any atom is 0.424 e. The molecule has 0 fully saturated rings. The highest BCUT2D eigenvalue weighted by atomic mass is 32.1. The molecule has 0 radical (unpaired) electrons. The van der Waals surface area contributed by atoms with Crippen molar-refractivity contribution in [1.29, 1.82) is 0 Å². The average Bonchev–Trinajstić information content (AvgIpc) is 3.10. The Morgan fingerprint density at radius 2 is 1.86 bits per heavy atom. The number of fused-ring (bicyclic) bond motifs is 1. The maximum absolute atomic E-state index is 13.6. The van der Waals surface area contributed by atoms with Crippen LogP contribution in [0.25, 0.3) is 10.2 Å². The Balaban J connectivity index is 2.01. The van der Waals surface area contributed by atoms with Gasteiger partial charge in [-0.15, -0.1) is 11.3 Å². The van der Waals surface area contributed by atoms with E-state index < -0.39 is 29.1 Å². The Morgan fingerprint density at radius 3 is 2.45 bits per heavy atom. The molecule has 0 bridgehead atoms. The molecule has 0 spiro atoms. The van der Waals surface area contributed by atoms with Gasteiger partial charge in [-0.25, -0.2) is 4.98 Å². The van der Waals surface area contributed by atoms with Gasteiger partial charge in [-0.1, -0.05) is 12.1 Å². The summed E-state index contributed by atoms with van der Waals surface area (Å²) < 4.78 is 41.4. The lowest BCUT2D eigenvalue weighted by atomic mass is 9.99. The summed E-state index contributed by atoms with van der Waals surface area (Å²) in [7, 11) is 0. The van der Waals surface area contributed by atoms with E-state index >= 15 is 0 Å². The summed E-state index contributed by atoms with van der Waals surface area (Å²) in [6.07, 6.45) is -5.78. The molecule has 29 heavy (non-hydrogen) atoms. The van der Waals surface area contributed by atoms with E-state index in [0.29, 0.717) is 41.1 Å². The Kier molecular flexibility index (Phi) is 7.59. The normalized spacial score (nSPS) is 13.9. The molecule has 1 aromatic heterocycles. The largest absolute Gasteiger partial charge is 0.424 e. The van der Waals surface area contributed by atoms with E-state index in [-0.39, 0.29) is 18.9 Å². The van der Waals surface area contributed by atoms with Gasteiger partial charge in [0, 0.05) is 26.1 Å². The van der Waals surface area contributed by atoms with Crippen molar-refractivity contribution in [2.75, 3.05) is 19.6 Å².